The zero-order valence-electron chi connectivity index (χ0n) is 17.3. The Balaban J connectivity index is 2.08. The topological polar surface area (TPSA) is 88.1 Å². The summed E-state index contributed by atoms with van der Waals surface area (Å²) in [7, 11) is 1.44. The second-order valence-corrected chi connectivity index (χ2v) is 7.08. The zero-order chi connectivity index (χ0) is 22.6. The van der Waals surface area contributed by atoms with Gasteiger partial charge in [-0.15, -0.1) is 0 Å². The summed E-state index contributed by atoms with van der Waals surface area (Å²) in [6, 6.07) is 11.1. The quantitative estimate of drug-likeness (QED) is 0.158. The van der Waals surface area contributed by atoms with Crippen LogP contribution in [0.5, 0.6) is 17.2 Å². The number of hydrogen-bond donors (Lipinski definition) is 0. The monoisotopic (exact) mass is 490 g/mol. The fourth-order valence-corrected chi connectivity index (χ4v) is 2.88. The molecule has 164 valence electrons. The fourth-order valence-electron chi connectivity index (χ4n) is 2.49. The number of esters is 3. The van der Waals surface area contributed by atoms with Crippen molar-refractivity contribution in [1.29, 1.82) is 0 Å². The molecule has 0 heterocycles. The predicted octanol–water partition coefficient (Wildman–Crippen LogP) is 4.57. The van der Waals surface area contributed by atoms with E-state index in [0.717, 1.165) is 18.2 Å². The molecular weight excluding hydrogens is 468 g/mol. The lowest BCUT2D eigenvalue weighted by molar-refractivity contribution is -0.137. The standard InChI is InChI=1S/C23H23BrO7/c1-16(25)30-19-8-4-3-7-18(19)23(27)31-20-11-9-17(15-21(20)28-2)10-12-22(26)29-14-6-5-13-24/h3-4,7-12,15H,5-6,13-14H2,1-2H3. The average Bonchev–Trinajstić information content (AvgIpc) is 2.76. The lowest BCUT2D eigenvalue weighted by Crippen LogP contribution is -2.13. The van der Waals surface area contributed by atoms with Crippen molar-refractivity contribution in [3.05, 3.63) is 59.7 Å². The second kappa shape index (κ2) is 12.5. The Morgan fingerprint density at radius 2 is 1.74 bits per heavy atom. The van der Waals surface area contributed by atoms with E-state index in [1.54, 1.807) is 36.4 Å². The maximum absolute atomic E-state index is 12.6. The van der Waals surface area contributed by atoms with E-state index in [4.69, 9.17) is 18.9 Å². The first-order valence-electron chi connectivity index (χ1n) is 9.53. The Kier molecular flexibility index (Phi) is 9.77. The van der Waals surface area contributed by atoms with E-state index in [1.165, 1.54) is 32.2 Å². The molecule has 2 aromatic carbocycles. The van der Waals surface area contributed by atoms with Crippen LogP contribution in [0.25, 0.3) is 6.08 Å². The summed E-state index contributed by atoms with van der Waals surface area (Å²) < 4.78 is 20.9. The molecule has 0 radical (unpaired) electrons. The van der Waals surface area contributed by atoms with Crippen LogP contribution >= 0.6 is 15.9 Å². The zero-order valence-corrected chi connectivity index (χ0v) is 18.8. The van der Waals surface area contributed by atoms with Gasteiger partial charge in [0.25, 0.3) is 0 Å². The fraction of sp³-hybridized carbons (Fsp3) is 0.261. The van der Waals surface area contributed by atoms with Gasteiger partial charge in [-0.1, -0.05) is 34.1 Å². The number of hydrogen-bond acceptors (Lipinski definition) is 7. The Labute approximate surface area is 189 Å². The van der Waals surface area contributed by atoms with E-state index in [-0.39, 0.29) is 17.1 Å². The lowest BCUT2D eigenvalue weighted by atomic mass is 10.1. The molecule has 0 fully saturated rings. The molecule has 0 amide bonds. The van der Waals surface area contributed by atoms with E-state index >= 15 is 0 Å². The van der Waals surface area contributed by atoms with Gasteiger partial charge in [-0.2, -0.15) is 0 Å². The molecule has 0 aliphatic carbocycles. The molecule has 0 unspecified atom stereocenters. The molecule has 0 aliphatic heterocycles. The highest BCUT2D eigenvalue weighted by molar-refractivity contribution is 9.09. The van der Waals surface area contributed by atoms with Crippen molar-refractivity contribution >= 4 is 39.9 Å². The summed E-state index contributed by atoms with van der Waals surface area (Å²) in [5.74, 6) is -1.11. The number of alkyl halides is 1. The summed E-state index contributed by atoms with van der Waals surface area (Å²) in [6.07, 6.45) is 4.62. The van der Waals surface area contributed by atoms with Crippen molar-refractivity contribution in [2.45, 2.75) is 19.8 Å². The van der Waals surface area contributed by atoms with Gasteiger partial charge >= 0.3 is 17.9 Å². The molecule has 0 saturated carbocycles. The second-order valence-electron chi connectivity index (χ2n) is 6.29. The predicted molar refractivity (Wildman–Crippen MR) is 119 cm³/mol. The average molecular weight is 491 g/mol. The minimum atomic E-state index is -0.703. The van der Waals surface area contributed by atoms with E-state index in [2.05, 4.69) is 15.9 Å². The molecule has 2 rings (SSSR count). The third kappa shape index (κ3) is 7.90. The molecule has 0 N–H and O–H groups in total. The maximum Gasteiger partial charge on any atom is 0.347 e. The summed E-state index contributed by atoms with van der Waals surface area (Å²) in [4.78, 5) is 35.6. The number of carbonyl (C=O) groups is 3. The summed E-state index contributed by atoms with van der Waals surface area (Å²) in [6.45, 7) is 1.61. The van der Waals surface area contributed by atoms with E-state index in [9.17, 15) is 14.4 Å². The van der Waals surface area contributed by atoms with Crippen LogP contribution in [0, 0.1) is 0 Å². The number of benzene rings is 2. The van der Waals surface area contributed by atoms with Gasteiger partial charge in [-0.25, -0.2) is 9.59 Å². The van der Waals surface area contributed by atoms with Gasteiger partial charge < -0.3 is 18.9 Å². The molecule has 0 bridgehead atoms. The molecular formula is C23H23BrO7. The van der Waals surface area contributed by atoms with E-state index in [0.29, 0.717) is 17.9 Å². The number of unbranched alkanes of at least 4 members (excludes halogenated alkanes) is 1. The lowest BCUT2D eigenvalue weighted by Gasteiger charge is -2.12. The van der Waals surface area contributed by atoms with E-state index in [1.807, 2.05) is 0 Å². The maximum atomic E-state index is 12.6. The van der Waals surface area contributed by atoms with Crippen LogP contribution in [0.1, 0.15) is 35.7 Å². The summed E-state index contributed by atoms with van der Waals surface area (Å²) in [5.41, 5.74) is 0.765. The number of methoxy groups -OCH3 is 1. The van der Waals surface area contributed by atoms with Gasteiger partial charge in [0.05, 0.1) is 13.7 Å². The highest BCUT2D eigenvalue weighted by atomic mass is 79.9. The van der Waals surface area contributed by atoms with Gasteiger partial charge in [-0.3, -0.25) is 4.79 Å². The molecule has 0 aliphatic rings. The van der Waals surface area contributed by atoms with Crippen LogP contribution in [0.3, 0.4) is 0 Å². The van der Waals surface area contributed by atoms with Gasteiger partial charge in [0, 0.05) is 18.3 Å². The summed E-state index contributed by atoms with van der Waals surface area (Å²) >= 11 is 3.32. The highest BCUT2D eigenvalue weighted by Gasteiger charge is 2.18. The van der Waals surface area contributed by atoms with Crippen LogP contribution in [-0.2, 0) is 14.3 Å². The number of carbonyl (C=O) groups excluding carboxylic acids is 3. The highest BCUT2D eigenvalue weighted by Crippen LogP contribution is 2.30. The van der Waals surface area contributed by atoms with Gasteiger partial charge in [0.2, 0.25) is 0 Å². The third-order valence-corrected chi connectivity index (χ3v) is 4.50. The van der Waals surface area contributed by atoms with Crippen molar-refractivity contribution in [3.8, 4) is 17.2 Å². The molecule has 0 atom stereocenters. The molecule has 8 heteroatoms. The van der Waals surface area contributed by atoms with Crippen LogP contribution < -0.4 is 14.2 Å². The van der Waals surface area contributed by atoms with Crippen molar-refractivity contribution < 1.29 is 33.3 Å². The molecule has 7 nitrogen and oxygen atoms in total. The Bertz CT molecular complexity index is 953. The van der Waals surface area contributed by atoms with Crippen molar-refractivity contribution in [2.24, 2.45) is 0 Å². The number of halogens is 1. The van der Waals surface area contributed by atoms with Gasteiger partial charge in [-0.05, 0) is 48.7 Å². The Morgan fingerprint density at radius 1 is 0.968 bits per heavy atom. The number of rotatable bonds is 10. The van der Waals surface area contributed by atoms with Crippen LogP contribution in [-0.4, -0.2) is 37.0 Å². The molecule has 0 saturated heterocycles. The molecule has 31 heavy (non-hydrogen) atoms. The first kappa shape index (κ1) is 24.1. The van der Waals surface area contributed by atoms with Crippen molar-refractivity contribution in [2.75, 3.05) is 19.0 Å². The largest absolute Gasteiger partial charge is 0.493 e. The van der Waals surface area contributed by atoms with Gasteiger partial charge in [0.15, 0.2) is 11.5 Å². The van der Waals surface area contributed by atoms with E-state index < -0.39 is 17.9 Å². The SMILES string of the molecule is COc1cc(C=CC(=O)OCCCCBr)ccc1OC(=O)c1ccccc1OC(C)=O. The van der Waals surface area contributed by atoms with Crippen LogP contribution in [0.4, 0.5) is 0 Å². The third-order valence-electron chi connectivity index (χ3n) is 3.94. The minimum Gasteiger partial charge on any atom is -0.493 e. The smallest absolute Gasteiger partial charge is 0.347 e. The normalized spacial score (nSPS) is 10.5. The Hall–Kier alpha value is -3.13. The first-order valence-corrected chi connectivity index (χ1v) is 10.6. The molecule has 0 spiro atoms. The molecule has 2 aromatic rings. The number of ether oxygens (including phenoxy) is 4. The molecule has 0 aromatic heterocycles. The van der Waals surface area contributed by atoms with Crippen LogP contribution in [0.15, 0.2) is 48.5 Å². The van der Waals surface area contributed by atoms with Crippen LogP contribution in [0.2, 0.25) is 0 Å². The van der Waals surface area contributed by atoms with Crippen molar-refractivity contribution in [3.63, 3.8) is 0 Å². The minimum absolute atomic E-state index is 0.103. The van der Waals surface area contributed by atoms with Gasteiger partial charge in [0.1, 0.15) is 11.3 Å². The Morgan fingerprint density at radius 3 is 2.45 bits per heavy atom. The first-order chi connectivity index (χ1) is 14.9. The van der Waals surface area contributed by atoms with Crippen molar-refractivity contribution in [1.82, 2.24) is 0 Å². The number of para-hydroxylation sites is 1. The summed E-state index contributed by atoms with van der Waals surface area (Å²) in [5, 5.41) is 0.868.